The molecule has 2 aromatic carbocycles. The second-order valence-electron chi connectivity index (χ2n) is 7.23. The van der Waals surface area contributed by atoms with Gasteiger partial charge in [-0.25, -0.2) is 14.2 Å². The van der Waals surface area contributed by atoms with Crippen molar-refractivity contribution in [2.45, 2.75) is 26.8 Å². The Morgan fingerprint density at radius 1 is 1.13 bits per heavy atom. The standard InChI is InChI=1S/C24H21FN2O3S/c1-3-12-30-24(29)18-6-4-16(5-7-18)13-27-14-26-22-21(23(27)28)20(15(2)31-22)17-8-10-19(25)11-9-17/h4-11,14H,3,12-13H2,1-2H3. The first-order chi connectivity index (χ1) is 15.0. The van der Waals surface area contributed by atoms with E-state index in [2.05, 4.69) is 4.98 Å². The zero-order valence-corrected chi connectivity index (χ0v) is 18.0. The average molecular weight is 437 g/mol. The highest BCUT2D eigenvalue weighted by atomic mass is 32.1. The minimum atomic E-state index is -0.355. The van der Waals surface area contributed by atoms with Crippen LogP contribution in [0, 0.1) is 12.7 Å². The number of carbonyl (C=O) groups is 1. The van der Waals surface area contributed by atoms with E-state index in [9.17, 15) is 14.0 Å². The van der Waals surface area contributed by atoms with Crippen LogP contribution in [0.25, 0.3) is 21.3 Å². The van der Waals surface area contributed by atoms with Crippen LogP contribution in [0.4, 0.5) is 4.39 Å². The fourth-order valence-electron chi connectivity index (χ4n) is 3.44. The third-order valence-corrected chi connectivity index (χ3v) is 5.98. The number of ether oxygens (including phenoxy) is 1. The Morgan fingerprint density at radius 3 is 2.52 bits per heavy atom. The van der Waals surface area contributed by atoms with E-state index in [1.807, 2.05) is 13.8 Å². The highest BCUT2D eigenvalue weighted by Crippen LogP contribution is 2.35. The summed E-state index contributed by atoms with van der Waals surface area (Å²) in [6.45, 7) is 4.59. The molecule has 0 aliphatic heterocycles. The quantitative estimate of drug-likeness (QED) is 0.391. The number of carbonyl (C=O) groups excluding carboxylic acids is 1. The molecule has 0 saturated carbocycles. The molecular weight excluding hydrogens is 415 g/mol. The van der Waals surface area contributed by atoms with E-state index in [-0.39, 0.29) is 17.3 Å². The maximum absolute atomic E-state index is 13.4. The Morgan fingerprint density at radius 2 is 1.84 bits per heavy atom. The minimum Gasteiger partial charge on any atom is -0.462 e. The maximum Gasteiger partial charge on any atom is 0.338 e. The fraction of sp³-hybridized carbons (Fsp3) is 0.208. The molecule has 7 heteroatoms. The van der Waals surface area contributed by atoms with Crippen molar-refractivity contribution in [3.05, 3.63) is 87.0 Å². The summed E-state index contributed by atoms with van der Waals surface area (Å²) in [5.41, 5.74) is 2.77. The van der Waals surface area contributed by atoms with Gasteiger partial charge in [-0.05, 0) is 48.7 Å². The molecule has 0 atom stereocenters. The van der Waals surface area contributed by atoms with E-state index in [1.165, 1.54) is 23.5 Å². The largest absolute Gasteiger partial charge is 0.462 e. The van der Waals surface area contributed by atoms with Gasteiger partial charge in [-0.3, -0.25) is 9.36 Å². The van der Waals surface area contributed by atoms with E-state index in [0.717, 1.165) is 28.0 Å². The van der Waals surface area contributed by atoms with E-state index in [0.29, 0.717) is 28.9 Å². The molecule has 4 aromatic rings. The van der Waals surface area contributed by atoms with Crippen molar-refractivity contribution in [1.82, 2.24) is 9.55 Å². The normalized spacial score (nSPS) is 11.1. The molecule has 31 heavy (non-hydrogen) atoms. The van der Waals surface area contributed by atoms with Crippen LogP contribution >= 0.6 is 11.3 Å². The molecule has 5 nitrogen and oxygen atoms in total. The van der Waals surface area contributed by atoms with Crippen molar-refractivity contribution in [2.24, 2.45) is 0 Å². The van der Waals surface area contributed by atoms with Crippen LogP contribution in [0.1, 0.15) is 34.1 Å². The molecule has 2 heterocycles. The zero-order valence-electron chi connectivity index (χ0n) is 17.2. The molecule has 0 fully saturated rings. The van der Waals surface area contributed by atoms with Crippen LogP contribution in [-0.2, 0) is 11.3 Å². The molecule has 0 amide bonds. The lowest BCUT2D eigenvalue weighted by atomic mass is 10.0. The molecule has 4 rings (SSSR count). The lowest BCUT2D eigenvalue weighted by Crippen LogP contribution is -2.21. The van der Waals surface area contributed by atoms with Crippen molar-refractivity contribution in [2.75, 3.05) is 6.61 Å². The molecule has 2 aromatic heterocycles. The van der Waals surface area contributed by atoms with Crippen molar-refractivity contribution in [3.8, 4) is 11.1 Å². The number of benzene rings is 2. The molecule has 0 aliphatic rings. The average Bonchev–Trinajstić information content (AvgIpc) is 3.12. The first-order valence-electron chi connectivity index (χ1n) is 9.98. The van der Waals surface area contributed by atoms with Gasteiger partial charge in [-0.15, -0.1) is 11.3 Å². The summed E-state index contributed by atoms with van der Waals surface area (Å²) in [6.07, 6.45) is 2.31. The first kappa shape index (κ1) is 20.9. The van der Waals surface area contributed by atoms with Crippen LogP contribution in [-0.4, -0.2) is 22.1 Å². The topological polar surface area (TPSA) is 61.2 Å². The number of thiophene rings is 1. The van der Waals surface area contributed by atoms with Crippen molar-refractivity contribution in [1.29, 1.82) is 0 Å². The van der Waals surface area contributed by atoms with Gasteiger partial charge in [-0.2, -0.15) is 0 Å². The SMILES string of the molecule is CCCOC(=O)c1ccc(Cn2cnc3sc(C)c(-c4ccc(F)cc4)c3c2=O)cc1. The highest BCUT2D eigenvalue weighted by Gasteiger charge is 2.17. The zero-order chi connectivity index (χ0) is 22.0. The Bertz CT molecular complexity index is 1290. The molecule has 0 spiro atoms. The van der Waals surface area contributed by atoms with E-state index in [4.69, 9.17) is 4.74 Å². The predicted molar refractivity (Wildman–Crippen MR) is 120 cm³/mol. The Kier molecular flexibility index (Phi) is 5.95. The molecule has 0 radical (unpaired) electrons. The van der Waals surface area contributed by atoms with Gasteiger partial charge >= 0.3 is 5.97 Å². The van der Waals surface area contributed by atoms with Gasteiger partial charge in [0.05, 0.1) is 30.4 Å². The van der Waals surface area contributed by atoms with Gasteiger partial charge in [-0.1, -0.05) is 31.2 Å². The van der Waals surface area contributed by atoms with Crippen LogP contribution in [0.3, 0.4) is 0 Å². The molecular formula is C24H21FN2O3S. The van der Waals surface area contributed by atoms with Gasteiger partial charge in [0.15, 0.2) is 0 Å². The number of hydrogen-bond acceptors (Lipinski definition) is 5. The number of halogens is 1. The van der Waals surface area contributed by atoms with Crippen molar-refractivity contribution < 1.29 is 13.9 Å². The van der Waals surface area contributed by atoms with Gasteiger partial charge in [0.25, 0.3) is 5.56 Å². The second-order valence-corrected chi connectivity index (χ2v) is 8.43. The Labute approximate surface area is 182 Å². The summed E-state index contributed by atoms with van der Waals surface area (Å²) in [5.74, 6) is -0.676. The highest BCUT2D eigenvalue weighted by molar-refractivity contribution is 7.19. The Hall–Kier alpha value is -3.32. The number of aryl methyl sites for hydroxylation is 1. The van der Waals surface area contributed by atoms with Crippen LogP contribution in [0.2, 0.25) is 0 Å². The summed E-state index contributed by atoms with van der Waals surface area (Å²) in [7, 11) is 0. The predicted octanol–water partition coefficient (Wildman–Crippen LogP) is 5.19. The number of rotatable bonds is 6. The third kappa shape index (κ3) is 4.27. The lowest BCUT2D eigenvalue weighted by Gasteiger charge is -2.08. The summed E-state index contributed by atoms with van der Waals surface area (Å²) in [5, 5.41) is 0.538. The van der Waals surface area contributed by atoms with E-state index < -0.39 is 0 Å². The Balaban J connectivity index is 1.67. The van der Waals surface area contributed by atoms with Gasteiger partial charge in [0, 0.05) is 10.4 Å². The molecule has 0 unspecified atom stereocenters. The number of nitrogens with zero attached hydrogens (tertiary/aromatic N) is 2. The molecule has 0 bridgehead atoms. The lowest BCUT2D eigenvalue weighted by molar-refractivity contribution is 0.0505. The van der Waals surface area contributed by atoms with Crippen LogP contribution in [0.5, 0.6) is 0 Å². The number of aromatic nitrogens is 2. The summed E-state index contributed by atoms with van der Waals surface area (Å²) in [6, 6.07) is 13.1. The van der Waals surface area contributed by atoms with E-state index in [1.54, 1.807) is 47.3 Å². The summed E-state index contributed by atoms with van der Waals surface area (Å²) < 4.78 is 20.1. The minimum absolute atomic E-state index is 0.153. The molecule has 158 valence electrons. The summed E-state index contributed by atoms with van der Waals surface area (Å²) >= 11 is 1.45. The molecule has 0 saturated heterocycles. The van der Waals surface area contributed by atoms with Crippen LogP contribution < -0.4 is 5.56 Å². The van der Waals surface area contributed by atoms with Crippen molar-refractivity contribution in [3.63, 3.8) is 0 Å². The molecule has 0 aliphatic carbocycles. The fourth-order valence-corrected chi connectivity index (χ4v) is 4.44. The third-order valence-electron chi connectivity index (χ3n) is 4.97. The monoisotopic (exact) mass is 436 g/mol. The van der Waals surface area contributed by atoms with Gasteiger partial charge < -0.3 is 4.74 Å². The van der Waals surface area contributed by atoms with Gasteiger partial charge in [0.1, 0.15) is 10.6 Å². The maximum atomic E-state index is 13.4. The van der Waals surface area contributed by atoms with E-state index >= 15 is 0 Å². The van der Waals surface area contributed by atoms with Gasteiger partial charge in [0.2, 0.25) is 0 Å². The smallest absolute Gasteiger partial charge is 0.338 e. The number of fused-ring (bicyclic) bond motifs is 1. The molecule has 0 N–H and O–H groups in total. The summed E-state index contributed by atoms with van der Waals surface area (Å²) in [4.78, 5) is 31.3. The second kappa shape index (κ2) is 8.81. The van der Waals surface area contributed by atoms with Crippen LogP contribution in [0.15, 0.2) is 59.7 Å². The first-order valence-corrected chi connectivity index (χ1v) is 10.8. The number of esters is 1. The van der Waals surface area contributed by atoms with Crippen molar-refractivity contribution >= 4 is 27.5 Å². The number of hydrogen-bond donors (Lipinski definition) is 0.